The molecule has 0 aliphatic heterocycles. The Morgan fingerprint density at radius 1 is 1.30 bits per heavy atom. The molecule has 2 heterocycles. The Morgan fingerprint density at radius 2 is 2.05 bits per heavy atom. The van der Waals surface area contributed by atoms with Gasteiger partial charge in [0.2, 0.25) is 0 Å². The topological polar surface area (TPSA) is 28.2 Å². The fourth-order valence-corrected chi connectivity index (χ4v) is 3.32. The molecule has 0 saturated heterocycles. The number of rotatable bonds is 6. The molecule has 2 atom stereocenters. The lowest BCUT2D eigenvalue weighted by molar-refractivity contribution is 0.220. The highest BCUT2D eigenvalue weighted by Gasteiger charge is 2.17. The Labute approximate surface area is 126 Å². The van der Waals surface area contributed by atoms with Crippen molar-refractivity contribution in [2.75, 3.05) is 20.6 Å². The van der Waals surface area contributed by atoms with Crippen molar-refractivity contribution in [3.05, 3.63) is 29.3 Å². The van der Waals surface area contributed by atoms with E-state index >= 15 is 0 Å². The lowest BCUT2D eigenvalue weighted by Gasteiger charge is -2.29. The maximum Gasteiger partial charge on any atom is 0.0809 e. The fourth-order valence-electron chi connectivity index (χ4n) is 2.53. The monoisotopic (exact) mass is 291 g/mol. The highest BCUT2D eigenvalue weighted by atomic mass is 32.1. The Hall–Kier alpha value is -0.970. The number of likely N-dealkylation sites (N-methyl/N-ethyl adjacent to an activating group) is 1. The molecule has 2 aromatic heterocycles. The largest absolute Gasteiger partial charge is 0.309 e. The molecule has 1 N–H and O–H groups in total. The first-order chi connectivity index (χ1) is 9.49. The van der Waals surface area contributed by atoms with E-state index in [1.54, 1.807) is 11.3 Å². The van der Waals surface area contributed by atoms with Gasteiger partial charge in [-0.05, 0) is 50.0 Å². The third-order valence-corrected chi connectivity index (χ3v) is 4.74. The molecule has 110 valence electrons. The summed E-state index contributed by atoms with van der Waals surface area (Å²) in [6, 6.07) is 5.21. The summed E-state index contributed by atoms with van der Waals surface area (Å²) in [4.78, 5) is 6.82. The van der Waals surface area contributed by atoms with E-state index in [9.17, 15) is 0 Å². The molecular weight excluding hydrogens is 266 g/mol. The molecule has 0 amide bonds. The summed E-state index contributed by atoms with van der Waals surface area (Å²) in [6.07, 6.45) is 1.99. The zero-order valence-electron chi connectivity index (χ0n) is 13.1. The number of fused-ring (bicyclic) bond motifs is 1. The number of hydrogen-bond donors (Lipinski definition) is 1. The molecule has 0 aromatic carbocycles. The van der Waals surface area contributed by atoms with Crippen molar-refractivity contribution in [1.29, 1.82) is 0 Å². The summed E-state index contributed by atoms with van der Waals surface area (Å²) in [5.41, 5.74) is 2.36. The van der Waals surface area contributed by atoms with Gasteiger partial charge in [-0.1, -0.05) is 13.8 Å². The van der Waals surface area contributed by atoms with Crippen LogP contribution in [0.25, 0.3) is 10.2 Å². The van der Waals surface area contributed by atoms with E-state index in [1.165, 1.54) is 10.3 Å². The van der Waals surface area contributed by atoms with Gasteiger partial charge in [-0.15, -0.1) is 11.3 Å². The molecular formula is C16H25N3S. The lowest BCUT2D eigenvalue weighted by atomic mass is 10.0. The molecule has 0 saturated carbocycles. The smallest absolute Gasteiger partial charge is 0.0809 e. The Bertz CT molecular complexity index is 539. The second-order valence-corrected chi connectivity index (χ2v) is 6.93. The van der Waals surface area contributed by atoms with Gasteiger partial charge in [0.05, 0.1) is 10.2 Å². The van der Waals surface area contributed by atoms with Gasteiger partial charge in [0.1, 0.15) is 0 Å². The molecule has 2 unspecified atom stereocenters. The minimum Gasteiger partial charge on any atom is -0.309 e. The SMILES string of the molecule is CC(NCC(C(C)C)N(C)C)c1cnc2ccsc2c1. The maximum atomic E-state index is 4.52. The van der Waals surface area contributed by atoms with E-state index in [1.807, 2.05) is 6.20 Å². The van der Waals surface area contributed by atoms with Crippen LogP contribution < -0.4 is 5.32 Å². The normalized spacial score (nSPS) is 15.2. The summed E-state index contributed by atoms with van der Waals surface area (Å²) in [5.74, 6) is 0.641. The quantitative estimate of drug-likeness (QED) is 0.882. The third-order valence-electron chi connectivity index (χ3n) is 3.89. The molecule has 0 spiro atoms. The lowest BCUT2D eigenvalue weighted by Crippen LogP contribution is -2.42. The Balaban J connectivity index is 2.01. The Morgan fingerprint density at radius 3 is 2.70 bits per heavy atom. The van der Waals surface area contributed by atoms with Gasteiger partial charge in [0, 0.05) is 24.8 Å². The highest BCUT2D eigenvalue weighted by molar-refractivity contribution is 7.17. The molecule has 20 heavy (non-hydrogen) atoms. The van der Waals surface area contributed by atoms with Crippen LogP contribution >= 0.6 is 11.3 Å². The van der Waals surface area contributed by atoms with Gasteiger partial charge in [-0.25, -0.2) is 0 Å². The molecule has 0 bridgehead atoms. The van der Waals surface area contributed by atoms with Crippen LogP contribution in [0.2, 0.25) is 0 Å². The number of pyridine rings is 1. The van der Waals surface area contributed by atoms with E-state index in [0.717, 1.165) is 12.1 Å². The van der Waals surface area contributed by atoms with Crippen LogP contribution in [0.4, 0.5) is 0 Å². The van der Waals surface area contributed by atoms with Gasteiger partial charge >= 0.3 is 0 Å². The predicted octanol–water partition coefficient (Wildman–Crippen LogP) is 3.53. The van der Waals surface area contributed by atoms with Crippen molar-refractivity contribution in [3.8, 4) is 0 Å². The van der Waals surface area contributed by atoms with Gasteiger partial charge < -0.3 is 10.2 Å². The van der Waals surface area contributed by atoms with E-state index < -0.39 is 0 Å². The van der Waals surface area contributed by atoms with Gasteiger partial charge in [0.25, 0.3) is 0 Å². The van der Waals surface area contributed by atoms with Crippen LogP contribution in [0, 0.1) is 5.92 Å². The van der Waals surface area contributed by atoms with Crippen molar-refractivity contribution < 1.29 is 0 Å². The van der Waals surface area contributed by atoms with Crippen molar-refractivity contribution in [1.82, 2.24) is 15.2 Å². The van der Waals surface area contributed by atoms with E-state index in [4.69, 9.17) is 0 Å². The molecule has 2 rings (SSSR count). The van der Waals surface area contributed by atoms with Crippen LogP contribution in [-0.4, -0.2) is 36.6 Å². The fraction of sp³-hybridized carbons (Fsp3) is 0.562. The summed E-state index contributed by atoms with van der Waals surface area (Å²) < 4.78 is 1.27. The van der Waals surface area contributed by atoms with Crippen molar-refractivity contribution in [2.45, 2.75) is 32.9 Å². The minimum atomic E-state index is 0.329. The maximum absolute atomic E-state index is 4.52. The van der Waals surface area contributed by atoms with E-state index in [2.05, 4.69) is 67.6 Å². The molecule has 0 radical (unpaired) electrons. The summed E-state index contributed by atoms with van der Waals surface area (Å²) >= 11 is 1.75. The van der Waals surface area contributed by atoms with Crippen LogP contribution in [-0.2, 0) is 0 Å². The average Bonchev–Trinajstić information content (AvgIpc) is 2.84. The Kier molecular flexibility index (Phi) is 5.13. The number of thiophene rings is 1. The van der Waals surface area contributed by atoms with Gasteiger partial charge in [0.15, 0.2) is 0 Å². The average molecular weight is 291 g/mol. The van der Waals surface area contributed by atoms with E-state index in [0.29, 0.717) is 18.0 Å². The zero-order chi connectivity index (χ0) is 14.7. The van der Waals surface area contributed by atoms with Crippen molar-refractivity contribution in [2.24, 2.45) is 5.92 Å². The third kappa shape index (κ3) is 3.57. The highest BCUT2D eigenvalue weighted by Crippen LogP contribution is 2.22. The second-order valence-electron chi connectivity index (χ2n) is 5.98. The summed E-state index contributed by atoms with van der Waals surface area (Å²) in [7, 11) is 4.30. The number of aromatic nitrogens is 1. The zero-order valence-corrected chi connectivity index (χ0v) is 13.9. The predicted molar refractivity (Wildman–Crippen MR) is 88.4 cm³/mol. The number of nitrogens with zero attached hydrogens (tertiary/aromatic N) is 2. The molecule has 4 heteroatoms. The van der Waals surface area contributed by atoms with Crippen LogP contribution in [0.1, 0.15) is 32.4 Å². The van der Waals surface area contributed by atoms with Crippen molar-refractivity contribution in [3.63, 3.8) is 0 Å². The first kappa shape index (κ1) is 15.4. The van der Waals surface area contributed by atoms with Crippen LogP contribution in [0.15, 0.2) is 23.7 Å². The van der Waals surface area contributed by atoms with Crippen LogP contribution in [0.5, 0.6) is 0 Å². The molecule has 3 nitrogen and oxygen atoms in total. The van der Waals surface area contributed by atoms with Crippen LogP contribution in [0.3, 0.4) is 0 Å². The van der Waals surface area contributed by atoms with Gasteiger partial charge in [-0.3, -0.25) is 4.98 Å². The minimum absolute atomic E-state index is 0.329. The van der Waals surface area contributed by atoms with E-state index in [-0.39, 0.29) is 0 Å². The molecule has 0 aliphatic carbocycles. The molecule has 2 aromatic rings. The molecule has 0 aliphatic rings. The summed E-state index contributed by atoms with van der Waals surface area (Å²) in [6.45, 7) is 7.75. The number of nitrogens with one attached hydrogen (secondary N) is 1. The van der Waals surface area contributed by atoms with Gasteiger partial charge in [-0.2, -0.15) is 0 Å². The second kappa shape index (κ2) is 6.66. The molecule has 0 fully saturated rings. The first-order valence-corrected chi connectivity index (χ1v) is 8.10. The van der Waals surface area contributed by atoms with Crippen molar-refractivity contribution >= 4 is 21.6 Å². The number of hydrogen-bond acceptors (Lipinski definition) is 4. The standard InChI is InChI=1S/C16H25N3S/c1-11(2)15(19(4)5)10-17-12(3)13-8-16-14(18-9-13)6-7-20-16/h6-9,11-12,15,17H,10H2,1-5H3. The summed E-state index contributed by atoms with van der Waals surface area (Å²) in [5, 5.41) is 5.74. The first-order valence-electron chi connectivity index (χ1n) is 7.22.